The lowest BCUT2D eigenvalue weighted by molar-refractivity contribution is 0.601. The molecule has 0 heterocycles. The van der Waals surface area contributed by atoms with Crippen LogP contribution < -0.4 is 15.5 Å². The molecule has 0 aliphatic carbocycles. The maximum atomic E-state index is 12.5. The Balaban J connectivity index is 1.58. The van der Waals surface area contributed by atoms with Crippen LogP contribution in [-0.4, -0.2) is 19.2 Å². The Morgan fingerprint density at radius 2 is 1.50 bits per heavy atom. The van der Waals surface area contributed by atoms with Crippen molar-refractivity contribution in [1.29, 1.82) is 0 Å². The molecule has 3 rings (SSSR count). The molecule has 0 aliphatic rings. The number of para-hydroxylation sites is 1. The fourth-order valence-electron chi connectivity index (χ4n) is 2.61. The summed E-state index contributed by atoms with van der Waals surface area (Å²) in [5, 5.41) is 7.75. The first-order valence-electron chi connectivity index (χ1n) is 9.24. The molecule has 0 saturated heterocycles. The SMILES string of the molecule is CC(=NNC(=S)NCc1ccccc1)c1ccc(S(=O)(=O)Nc2ccccc2)cc1. The smallest absolute Gasteiger partial charge is 0.261 e. The molecular formula is C22H22N4O2S2. The molecule has 0 fully saturated rings. The van der Waals surface area contributed by atoms with Crippen molar-refractivity contribution in [3.8, 4) is 0 Å². The second kappa shape index (κ2) is 10.00. The first-order chi connectivity index (χ1) is 14.4. The second-order valence-corrected chi connectivity index (χ2v) is 8.56. The van der Waals surface area contributed by atoms with Crippen molar-refractivity contribution < 1.29 is 8.42 Å². The van der Waals surface area contributed by atoms with Gasteiger partial charge in [0.05, 0.1) is 10.6 Å². The molecule has 0 atom stereocenters. The van der Waals surface area contributed by atoms with Gasteiger partial charge in [-0.05, 0) is 54.5 Å². The van der Waals surface area contributed by atoms with Gasteiger partial charge in [0, 0.05) is 12.2 Å². The highest BCUT2D eigenvalue weighted by atomic mass is 32.2. The first kappa shape index (κ1) is 21.5. The van der Waals surface area contributed by atoms with Gasteiger partial charge < -0.3 is 5.32 Å². The topological polar surface area (TPSA) is 82.6 Å². The van der Waals surface area contributed by atoms with E-state index in [1.165, 1.54) is 0 Å². The van der Waals surface area contributed by atoms with E-state index in [1.807, 2.05) is 43.3 Å². The lowest BCUT2D eigenvalue weighted by Crippen LogP contribution is -2.32. The molecule has 0 aromatic heterocycles. The zero-order valence-electron chi connectivity index (χ0n) is 16.4. The number of rotatable bonds is 7. The number of benzene rings is 3. The molecule has 0 amide bonds. The van der Waals surface area contributed by atoms with Crippen LogP contribution in [0.15, 0.2) is 94.9 Å². The molecule has 154 valence electrons. The lowest BCUT2D eigenvalue weighted by atomic mass is 10.1. The Labute approximate surface area is 182 Å². The van der Waals surface area contributed by atoms with Crippen LogP contribution in [0.25, 0.3) is 0 Å². The molecule has 0 unspecified atom stereocenters. The molecule has 6 nitrogen and oxygen atoms in total. The minimum absolute atomic E-state index is 0.177. The van der Waals surface area contributed by atoms with Gasteiger partial charge in [-0.15, -0.1) is 0 Å². The monoisotopic (exact) mass is 438 g/mol. The number of hydrogen-bond acceptors (Lipinski definition) is 4. The van der Waals surface area contributed by atoms with E-state index in [9.17, 15) is 8.42 Å². The third kappa shape index (κ3) is 6.13. The summed E-state index contributed by atoms with van der Waals surface area (Å²) in [6.45, 7) is 2.42. The van der Waals surface area contributed by atoms with Crippen molar-refractivity contribution in [2.75, 3.05) is 4.72 Å². The quantitative estimate of drug-likeness (QED) is 0.296. The van der Waals surface area contributed by atoms with Gasteiger partial charge in [-0.1, -0.05) is 60.7 Å². The number of nitrogens with zero attached hydrogens (tertiary/aromatic N) is 1. The van der Waals surface area contributed by atoms with Gasteiger partial charge in [-0.3, -0.25) is 10.1 Å². The molecule has 3 aromatic rings. The number of anilines is 1. The summed E-state index contributed by atoms with van der Waals surface area (Å²) in [5.74, 6) is 0. The van der Waals surface area contributed by atoms with Crippen LogP contribution in [-0.2, 0) is 16.6 Å². The molecule has 0 saturated carbocycles. The van der Waals surface area contributed by atoms with Crippen LogP contribution >= 0.6 is 12.2 Å². The van der Waals surface area contributed by atoms with E-state index < -0.39 is 10.0 Å². The summed E-state index contributed by atoms with van der Waals surface area (Å²) in [5.41, 5.74) is 5.90. The molecule has 30 heavy (non-hydrogen) atoms. The maximum Gasteiger partial charge on any atom is 0.261 e. The van der Waals surface area contributed by atoms with Crippen LogP contribution in [0.5, 0.6) is 0 Å². The minimum Gasteiger partial charge on any atom is -0.357 e. The van der Waals surface area contributed by atoms with E-state index in [4.69, 9.17) is 12.2 Å². The van der Waals surface area contributed by atoms with E-state index in [0.29, 0.717) is 23.1 Å². The van der Waals surface area contributed by atoms with Gasteiger partial charge >= 0.3 is 0 Å². The van der Waals surface area contributed by atoms with Crippen molar-refractivity contribution in [2.24, 2.45) is 5.10 Å². The summed E-state index contributed by atoms with van der Waals surface area (Å²) < 4.78 is 27.6. The summed E-state index contributed by atoms with van der Waals surface area (Å²) in [6, 6.07) is 25.2. The molecule has 8 heteroatoms. The van der Waals surface area contributed by atoms with Gasteiger partial charge in [-0.2, -0.15) is 5.10 Å². The van der Waals surface area contributed by atoms with Crippen LogP contribution in [0, 0.1) is 0 Å². The van der Waals surface area contributed by atoms with Crippen molar-refractivity contribution >= 4 is 38.8 Å². The van der Waals surface area contributed by atoms with Crippen LogP contribution in [0.4, 0.5) is 5.69 Å². The summed E-state index contributed by atoms with van der Waals surface area (Å²) >= 11 is 5.24. The molecule has 3 aromatic carbocycles. The van der Waals surface area contributed by atoms with Gasteiger partial charge in [0.2, 0.25) is 0 Å². The molecule has 3 N–H and O–H groups in total. The normalized spacial score (nSPS) is 11.6. The Kier molecular flexibility index (Phi) is 7.16. The van der Waals surface area contributed by atoms with Crippen molar-refractivity contribution in [1.82, 2.24) is 10.7 Å². The Morgan fingerprint density at radius 3 is 2.13 bits per heavy atom. The van der Waals surface area contributed by atoms with Crippen molar-refractivity contribution in [2.45, 2.75) is 18.4 Å². The van der Waals surface area contributed by atoms with E-state index in [1.54, 1.807) is 48.5 Å². The summed E-state index contributed by atoms with van der Waals surface area (Å²) in [7, 11) is -3.65. The zero-order valence-corrected chi connectivity index (χ0v) is 18.0. The fraction of sp³-hybridized carbons (Fsp3) is 0.0909. The molecular weight excluding hydrogens is 416 g/mol. The first-order valence-corrected chi connectivity index (χ1v) is 11.1. The number of nitrogens with one attached hydrogen (secondary N) is 3. The number of hydrazone groups is 1. The highest BCUT2D eigenvalue weighted by Crippen LogP contribution is 2.16. The van der Waals surface area contributed by atoms with Gasteiger partial charge in [0.15, 0.2) is 5.11 Å². The molecule has 0 spiro atoms. The number of hydrogen-bond donors (Lipinski definition) is 3. The maximum absolute atomic E-state index is 12.5. The third-order valence-electron chi connectivity index (χ3n) is 4.23. The predicted molar refractivity (Wildman–Crippen MR) is 125 cm³/mol. The molecule has 0 bridgehead atoms. The van der Waals surface area contributed by atoms with E-state index >= 15 is 0 Å². The van der Waals surface area contributed by atoms with Crippen LogP contribution in [0.1, 0.15) is 18.1 Å². The summed E-state index contributed by atoms with van der Waals surface area (Å²) in [4.78, 5) is 0.177. The number of thiocarbonyl (C=S) groups is 1. The predicted octanol–water partition coefficient (Wildman–Crippen LogP) is 3.88. The highest BCUT2D eigenvalue weighted by Gasteiger charge is 2.14. The lowest BCUT2D eigenvalue weighted by Gasteiger charge is -2.10. The van der Waals surface area contributed by atoms with Crippen LogP contribution in [0.2, 0.25) is 0 Å². The Hall–Kier alpha value is -3.23. The highest BCUT2D eigenvalue weighted by molar-refractivity contribution is 7.92. The fourth-order valence-corrected chi connectivity index (χ4v) is 3.79. The van der Waals surface area contributed by atoms with Gasteiger partial charge in [-0.25, -0.2) is 8.42 Å². The van der Waals surface area contributed by atoms with Gasteiger partial charge in [0.25, 0.3) is 10.0 Å². The average molecular weight is 439 g/mol. The number of sulfonamides is 1. The largest absolute Gasteiger partial charge is 0.357 e. The molecule has 0 aliphatic heterocycles. The van der Waals surface area contributed by atoms with E-state index in [-0.39, 0.29) is 4.90 Å². The van der Waals surface area contributed by atoms with E-state index in [0.717, 1.165) is 11.1 Å². The molecule has 0 radical (unpaired) electrons. The van der Waals surface area contributed by atoms with Crippen molar-refractivity contribution in [3.63, 3.8) is 0 Å². The third-order valence-corrected chi connectivity index (χ3v) is 5.86. The van der Waals surface area contributed by atoms with Gasteiger partial charge in [0.1, 0.15) is 0 Å². The van der Waals surface area contributed by atoms with Crippen molar-refractivity contribution in [3.05, 3.63) is 96.1 Å². The Bertz CT molecular complexity index is 1110. The Morgan fingerprint density at radius 1 is 0.900 bits per heavy atom. The standard InChI is InChI=1S/C22H22N4O2S2/c1-17(24-25-22(29)23-16-18-8-4-2-5-9-18)19-12-14-21(15-13-19)30(27,28)26-20-10-6-3-7-11-20/h2-15,26H,16H2,1H3,(H2,23,25,29). The van der Waals surface area contributed by atoms with E-state index in [2.05, 4.69) is 20.6 Å². The second-order valence-electron chi connectivity index (χ2n) is 6.47. The zero-order chi connectivity index (χ0) is 21.4. The minimum atomic E-state index is -3.65. The van der Waals surface area contributed by atoms with Crippen LogP contribution in [0.3, 0.4) is 0 Å². The summed E-state index contributed by atoms with van der Waals surface area (Å²) in [6.07, 6.45) is 0. The average Bonchev–Trinajstić information content (AvgIpc) is 2.77.